The van der Waals surface area contributed by atoms with Gasteiger partial charge in [0.05, 0.1) is 30.5 Å². The summed E-state index contributed by atoms with van der Waals surface area (Å²) >= 11 is 0. The third-order valence-electron chi connectivity index (χ3n) is 5.20. The summed E-state index contributed by atoms with van der Waals surface area (Å²) in [5.74, 6) is -0.204. The van der Waals surface area contributed by atoms with Crippen LogP contribution in [-0.4, -0.2) is 30.1 Å². The van der Waals surface area contributed by atoms with Crippen molar-refractivity contribution in [1.29, 1.82) is 0 Å². The van der Waals surface area contributed by atoms with Crippen molar-refractivity contribution in [3.63, 3.8) is 0 Å². The Kier molecular flexibility index (Phi) is 6.55. The average molecular weight is 461 g/mol. The highest BCUT2D eigenvalue weighted by Crippen LogP contribution is 2.20. The number of anilines is 1. The second-order valence-corrected chi connectivity index (χ2v) is 9.49. The van der Waals surface area contributed by atoms with Crippen LogP contribution in [0.1, 0.15) is 21.5 Å². The summed E-state index contributed by atoms with van der Waals surface area (Å²) in [4.78, 5) is 16.8. The second kappa shape index (κ2) is 9.70. The van der Waals surface area contributed by atoms with Gasteiger partial charge in [0.25, 0.3) is 5.91 Å². The van der Waals surface area contributed by atoms with Gasteiger partial charge in [-0.1, -0.05) is 48.5 Å². The Bertz CT molecular complexity index is 1320. The van der Waals surface area contributed by atoms with E-state index < -0.39 is 10.0 Å². The molecule has 0 saturated carbocycles. The topological polar surface area (TPSA) is 84.3 Å². The third kappa shape index (κ3) is 5.48. The van der Waals surface area contributed by atoms with Crippen LogP contribution in [0.15, 0.2) is 97.6 Å². The first kappa shape index (κ1) is 22.3. The van der Waals surface area contributed by atoms with Gasteiger partial charge >= 0.3 is 0 Å². The molecular weight excluding hydrogens is 436 g/mol. The van der Waals surface area contributed by atoms with Crippen LogP contribution in [0.2, 0.25) is 0 Å². The zero-order valence-corrected chi connectivity index (χ0v) is 18.9. The Hall–Kier alpha value is -3.91. The van der Waals surface area contributed by atoms with Crippen molar-refractivity contribution in [3.05, 3.63) is 114 Å². The number of imidazole rings is 1. The fourth-order valence-electron chi connectivity index (χ4n) is 3.51. The molecule has 7 nitrogen and oxygen atoms in total. The number of para-hydroxylation sites is 2. The molecule has 0 radical (unpaired) electrons. The van der Waals surface area contributed by atoms with Crippen LogP contribution >= 0.6 is 0 Å². The van der Waals surface area contributed by atoms with Crippen LogP contribution < -0.4 is 9.62 Å². The zero-order chi connectivity index (χ0) is 23.3. The predicted octanol–water partition coefficient (Wildman–Crippen LogP) is 3.77. The summed E-state index contributed by atoms with van der Waals surface area (Å²) in [5.41, 5.74) is 3.80. The van der Waals surface area contributed by atoms with E-state index in [-0.39, 0.29) is 12.5 Å². The van der Waals surface area contributed by atoms with E-state index in [2.05, 4.69) is 10.3 Å². The van der Waals surface area contributed by atoms with Gasteiger partial charge in [-0.05, 0) is 41.5 Å². The largest absolute Gasteiger partial charge is 0.348 e. The van der Waals surface area contributed by atoms with Crippen LogP contribution in [0.5, 0.6) is 0 Å². The molecule has 1 N–H and O–H groups in total. The molecule has 0 aliphatic heterocycles. The van der Waals surface area contributed by atoms with Gasteiger partial charge in [-0.2, -0.15) is 0 Å². The number of amides is 1. The summed E-state index contributed by atoms with van der Waals surface area (Å²) < 4.78 is 27.8. The quantitative estimate of drug-likeness (QED) is 0.434. The lowest BCUT2D eigenvalue weighted by Gasteiger charge is -2.22. The maximum Gasteiger partial charge on any atom is 0.251 e. The molecule has 0 aliphatic rings. The number of rotatable bonds is 8. The molecule has 8 heteroatoms. The number of hydrogen-bond donors (Lipinski definition) is 1. The fraction of sp³-hybridized carbons (Fsp3) is 0.120. The lowest BCUT2D eigenvalue weighted by molar-refractivity contribution is 0.0951. The van der Waals surface area contributed by atoms with Gasteiger partial charge in [-0.15, -0.1) is 0 Å². The van der Waals surface area contributed by atoms with Crippen molar-refractivity contribution in [2.24, 2.45) is 0 Å². The maximum absolute atomic E-state index is 12.7. The lowest BCUT2D eigenvalue weighted by atomic mass is 10.1. The number of benzene rings is 3. The number of nitrogens with zero attached hydrogens (tertiary/aromatic N) is 3. The smallest absolute Gasteiger partial charge is 0.251 e. The lowest BCUT2D eigenvalue weighted by Crippen LogP contribution is -2.29. The molecule has 1 amide bonds. The molecule has 0 saturated heterocycles. The molecule has 1 aromatic heterocycles. The SMILES string of the molecule is CS(=O)(=O)N(Cc1ccc(C(=O)NCc2ccccc2-n2ccnc2)cc1)c1ccccc1. The minimum Gasteiger partial charge on any atom is -0.348 e. The first-order valence-electron chi connectivity index (χ1n) is 10.4. The van der Waals surface area contributed by atoms with Gasteiger partial charge in [-0.25, -0.2) is 13.4 Å². The Morgan fingerprint density at radius 2 is 1.67 bits per heavy atom. The first-order chi connectivity index (χ1) is 15.9. The minimum absolute atomic E-state index is 0.184. The molecule has 3 aromatic carbocycles. The van der Waals surface area contributed by atoms with Gasteiger partial charge in [-0.3, -0.25) is 9.10 Å². The van der Waals surface area contributed by atoms with Crippen molar-refractivity contribution < 1.29 is 13.2 Å². The van der Waals surface area contributed by atoms with E-state index in [1.165, 1.54) is 10.6 Å². The summed E-state index contributed by atoms with van der Waals surface area (Å²) in [5, 5.41) is 2.95. The van der Waals surface area contributed by atoms with E-state index >= 15 is 0 Å². The molecule has 0 unspecified atom stereocenters. The normalized spacial score (nSPS) is 11.2. The van der Waals surface area contributed by atoms with Gasteiger partial charge in [0.15, 0.2) is 0 Å². The van der Waals surface area contributed by atoms with Crippen LogP contribution in [0.4, 0.5) is 5.69 Å². The summed E-state index contributed by atoms with van der Waals surface area (Å²) in [6.45, 7) is 0.549. The molecule has 1 heterocycles. The molecule has 4 aromatic rings. The number of sulfonamides is 1. The van der Waals surface area contributed by atoms with E-state index in [4.69, 9.17) is 0 Å². The Morgan fingerprint density at radius 3 is 2.33 bits per heavy atom. The van der Waals surface area contributed by atoms with Gasteiger partial charge in [0, 0.05) is 24.5 Å². The fourth-order valence-corrected chi connectivity index (χ4v) is 4.40. The maximum atomic E-state index is 12.7. The van der Waals surface area contributed by atoms with E-state index in [1.54, 1.807) is 61.1 Å². The number of hydrogen-bond acceptors (Lipinski definition) is 4. The van der Waals surface area contributed by atoms with Crippen LogP contribution in [0.25, 0.3) is 5.69 Å². The minimum atomic E-state index is -3.46. The van der Waals surface area contributed by atoms with Crippen molar-refractivity contribution in [2.75, 3.05) is 10.6 Å². The molecule has 4 rings (SSSR count). The summed E-state index contributed by atoms with van der Waals surface area (Å²) in [6.07, 6.45) is 6.46. The van der Waals surface area contributed by atoms with Crippen LogP contribution in [-0.2, 0) is 23.1 Å². The molecule has 0 fully saturated rings. The summed E-state index contributed by atoms with van der Waals surface area (Å²) in [6, 6.07) is 23.7. The predicted molar refractivity (Wildman–Crippen MR) is 129 cm³/mol. The van der Waals surface area contributed by atoms with E-state index in [0.29, 0.717) is 17.8 Å². The molecular formula is C25H24N4O3S. The molecule has 0 bridgehead atoms. The average Bonchev–Trinajstić information content (AvgIpc) is 3.36. The summed E-state index contributed by atoms with van der Waals surface area (Å²) in [7, 11) is -3.46. The highest BCUT2D eigenvalue weighted by molar-refractivity contribution is 7.92. The molecule has 0 spiro atoms. The van der Waals surface area contributed by atoms with Gasteiger partial charge in [0.1, 0.15) is 0 Å². The van der Waals surface area contributed by atoms with Gasteiger partial charge in [0.2, 0.25) is 10.0 Å². The molecule has 168 valence electrons. The van der Waals surface area contributed by atoms with Crippen molar-refractivity contribution in [2.45, 2.75) is 13.1 Å². The monoisotopic (exact) mass is 460 g/mol. The molecule has 0 aliphatic carbocycles. The number of nitrogens with one attached hydrogen (secondary N) is 1. The zero-order valence-electron chi connectivity index (χ0n) is 18.1. The Balaban J connectivity index is 1.44. The van der Waals surface area contributed by atoms with Crippen molar-refractivity contribution >= 4 is 21.6 Å². The Morgan fingerprint density at radius 1 is 0.970 bits per heavy atom. The van der Waals surface area contributed by atoms with E-state index in [9.17, 15) is 13.2 Å². The number of carbonyl (C=O) groups is 1. The number of aromatic nitrogens is 2. The van der Waals surface area contributed by atoms with Crippen LogP contribution in [0.3, 0.4) is 0 Å². The van der Waals surface area contributed by atoms with Crippen molar-refractivity contribution in [3.8, 4) is 5.69 Å². The van der Waals surface area contributed by atoms with E-state index in [1.807, 2.05) is 41.1 Å². The molecule has 33 heavy (non-hydrogen) atoms. The second-order valence-electron chi connectivity index (χ2n) is 7.58. The third-order valence-corrected chi connectivity index (χ3v) is 6.34. The first-order valence-corrected chi connectivity index (χ1v) is 12.2. The number of carbonyl (C=O) groups excluding carboxylic acids is 1. The molecule has 0 atom stereocenters. The standard InChI is InChI=1S/C25H24N4O3S/c1-33(31,32)29(23-8-3-2-4-9-23)18-20-11-13-21(14-12-20)25(30)27-17-22-7-5-6-10-24(22)28-16-15-26-19-28/h2-16,19H,17-18H2,1H3,(H,27,30). The van der Waals surface area contributed by atoms with Crippen molar-refractivity contribution in [1.82, 2.24) is 14.9 Å². The highest BCUT2D eigenvalue weighted by Gasteiger charge is 2.18. The highest BCUT2D eigenvalue weighted by atomic mass is 32.2. The van der Waals surface area contributed by atoms with Crippen LogP contribution in [0, 0.1) is 0 Å². The van der Waals surface area contributed by atoms with E-state index in [0.717, 1.165) is 16.8 Å². The van der Waals surface area contributed by atoms with Gasteiger partial charge < -0.3 is 9.88 Å². The Labute approximate surface area is 193 Å².